The lowest BCUT2D eigenvalue weighted by molar-refractivity contribution is 0.216. The fourth-order valence-corrected chi connectivity index (χ4v) is 3.58. The number of nitrogens with two attached hydrogens (primary N) is 1. The van der Waals surface area contributed by atoms with Crippen LogP contribution in [0.1, 0.15) is 42.8 Å². The molecule has 3 heterocycles. The Hall–Kier alpha value is -1.51. The summed E-state index contributed by atoms with van der Waals surface area (Å²) in [4.78, 5) is 14.6. The minimum atomic E-state index is 0.273. The molecule has 0 aliphatic carbocycles. The van der Waals surface area contributed by atoms with Gasteiger partial charge in [0.25, 0.3) is 0 Å². The van der Waals surface area contributed by atoms with Gasteiger partial charge in [-0.05, 0) is 13.5 Å². The summed E-state index contributed by atoms with van der Waals surface area (Å²) in [5.41, 5.74) is 5.70. The van der Waals surface area contributed by atoms with Gasteiger partial charge in [-0.15, -0.1) is 11.3 Å². The predicted octanol–water partition coefficient (Wildman–Crippen LogP) is 1.94. The lowest BCUT2D eigenvalue weighted by atomic mass is 10.2. The van der Waals surface area contributed by atoms with E-state index in [1.807, 2.05) is 6.20 Å². The molecule has 0 aromatic carbocycles. The Labute approximate surface area is 140 Å². The summed E-state index contributed by atoms with van der Waals surface area (Å²) in [6.07, 6.45) is 3.03. The zero-order chi connectivity index (χ0) is 16.4. The van der Waals surface area contributed by atoms with Crippen molar-refractivity contribution in [3.05, 3.63) is 22.8 Å². The van der Waals surface area contributed by atoms with E-state index in [-0.39, 0.29) is 5.92 Å². The molecule has 1 unspecified atom stereocenters. The molecule has 2 N–H and O–H groups in total. The fraction of sp³-hybridized carbons (Fsp3) is 0.667. The highest BCUT2D eigenvalue weighted by molar-refractivity contribution is 7.15. The molecule has 3 rings (SSSR count). The summed E-state index contributed by atoms with van der Waals surface area (Å²) in [6.45, 7) is 7.91. The third kappa shape index (κ3) is 4.07. The smallest absolute Gasteiger partial charge is 0.229 e. The highest BCUT2D eigenvalue weighted by Crippen LogP contribution is 2.22. The van der Waals surface area contributed by atoms with Crippen molar-refractivity contribution < 1.29 is 4.52 Å². The van der Waals surface area contributed by atoms with Gasteiger partial charge in [0.15, 0.2) is 11.0 Å². The van der Waals surface area contributed by atoms with Gasteiger partial charge < -0.3 is 10.3 Å². The number of rotatable bonds is 6. The maximum Gasteiger partial charge on any atom is 0.229 e. The first kappa shape index (κ1) is 16.4. The predicted molar refractivity (Wildman–Crippen MR) is 90.1 cm³/mol. The van der Waals surface area contributed by atoms with Crippen molar-refractivity contribution in [2.45, 2.75) is 45.3 Å². The summed E-state index contributed by atoms with van der Waals surface area (Å²) >= 11 is 1.57. The summed E-state index contributed by atoms with van der Waals surface area (Å²) in [7, 11) is 2.13. The van der Waals surface area contributed by atoms with Crippen molar-refractivity contribution in [1.82, 2.24) is 24.9 Å². The molecule has 1 aliphatic heterocycles. The van der Waals surface area contributed by atoms with Crippen LogP contribution in [0.2, 0.25) is 0 Å². The molecular weight excluding hydrogens is 312 g/mol. The van der Waals surface area contributed by atoms with Crippen LogP contribution in [-0.4, -0.2) is 51.1 Å². The number of thiazole rings is 1. The van der Waals surface area contributed by atoms with Crippen LogP contribution in [0.4, 0.5) is 5.13 Å². The van der Waals surface area contributed by atoms with Crippen LogP contribution in [0, 0.1) is 0 Å². The second-order valence-electron chi connectivity index (χ2n) is 6.46. The molecule has 1 aliphatic rings. The molecular formula is C15H24N6OS. The van der Waals surface area contributed by atoms with Gasteiger partial charge in [-0.25, -0.2) is 4.98 Å². The molecule has 0 bridgehead atoms. The van der Waals surface area contributed by atoms with Gasteiger partial charge in [0.2, 0.25) is 5.89 Å². The minimum Gasteiger partial charge on any atom is -0.375 e. The molecule has 1 saturated heterocycles. The summed E-state index contributed by atoms with van der Waals surface area (Å²) in [6, 6.07) is 0.515. The lowest BCUT2D eigenvalue weighted by Crippen LogP contribution is -2.34. The number of likely N-dealkylation sites (N-methyl/N-ethyl adjacent to an activating group) is 1. The van der Waals surface area contributed by atoms with Gasteiger partial charge in [-0.1, -0.05) is 19.0 Å². The molecule has 0 amide bonds. The topological polar surface area (TPSA) is 84.3 Å². The maximum absolute atomic E-state index is 5.70. The summed E-state index contributed by atoms with van der Waals surface area (Å²) in [5.74, 6) is 1.75. The van der Waals surface area contributed by atoms with E-state index < -0.39 is 0 Å². The number of hydrogen-bond donors (Lipinski definition) is 1. The van der Waals surface area contributed by atoms with E-state index in [2.05, 4.69) is 45.8 Å². The SMILES string of the molecule is CC(C)c1nc(CN(C)C2CCN(Cc3cnc(N)s3)C2)no1. The van der Waals surface area contributed by atoms with E-state index in [1.165, 1.54) is 4.88 Å². The fourth-order valence-electron chi connectivity index (χ4n) is 2.85. The molecule has 0 radical (unpaired) electrons. The van der Waals surface area contributed by atoms with Crippen LogP contribution in [-0.2, 0) is 13.1 Å². The number of likely N-dealkylation sites (tertiary alicyclic amines) is 1. The number of hydrogen-bond acceptors (Lipinski definition) is 8. The van der Waals surface area contributed by atoms with Crippen LogP contribution in [0.3, 0.4) is 0 Å². The zero-order valence-corrected chi connectivity index (χ0v) is 14.7. The van der Waals surface area contributed by atoms with Gasteiger partial charge in [-0.2, -0.15) is 4.98 Å². The maximum atomic E-state index is 5.70. The van der Waals surface area contributed by atoms with Gasteiger partial charge >= 0.3 is 0 Å². The first-order valence-corrected chi connectivity index (χ1v) is 8.78. The Morgan fingerprint density at radius 3 is 3.00 bits per heavy atom. The van der Waals surface area contributed by atoms with E-state index in [4.69, 9.17) is 10.3 Å². The number of nitrogens with zero attached hydrogens (tertiary/aromatic N) is 5. The summed E-state index contributed by atoms with van der Waals surface area (Å²) in [5, 5.41) is 4.72. The van der Waals surface area contributed by atoms with E-state index in [0.717, 1.165) is 38.4 Å². The van der Waals surface area contributed by atoms with Crippen molar-refractivity contribution in [2.24, 2.45) is 0 Å². The van der Waals surface area contributed by atoms with E-state index in [0.29, 0.717) is 17.1 Å². The average Bonchev–Trinajstić information content (AvgIpc) is 3.20. The van der Waals surface area contributed by atoms with E-state index in [1.54, 1.807) is 11.3 Å². The Morgan fingerprint density at radius 2 is 2.35 bits per heavy atom. The molecule has 2 aromatic rings. The van der Waals surface area contributed by atoms with Gasteiger partial charge in [-0.3, -0.25) is 9.80 Å². The van der Waals surface area contributed by atoms with Gasteiger partial charge in [0.1, 0.15) is 0 Å². The highest BCUT2D eigenvalue weighted by atomic mass is 32.1. The Morgan fingerprint density at radius 1 is 1.52 bits per heavy atom. The Kier molecular flexibility index (Phi) is 4.93. The quantitative estimate of drug-likeness (QED) is 0.863. The van der Waals surface area contributed by atoms with Crippen LogP contribution >= 0.6 is 11.3 Å². The number of aromatic nitrogens is 3. The third-order valence-electron chi connectivity index (χ3n) is 4.19. The number of nitrogen functional groups attached to an aromatic ring is 1. The largest absolute Gasteiger partial charge is 0.375 e. The zero-order valence-electron chi connectivity index (χ0n) is 13.9. The molecule has 126 valence electrons. The Balaban J connectivity index is 1.51. The van der Waals surface area contributed by atoms with Gasteiger partial charge in [0.05, 0.1) is 6.54 Å². The molecule has 0 saturated carbocycles. The van der Waals surface area contributed by atoms with Crippen LogP contribution in [0.5, 0.6) is 0 Å². The lowest BCUT2D eigenvalue weighted by Gasteiger charge is -2.23. The third-order valence-corrected chi connectivity index (χ3v) is 5.00. The molecule has 1 fully saturated rings. The molecule has 1 atom stereocenters. The Bertz CT molecular complexity index is 639. The first-order valence-electron chi connectivity index (χ1n) is 7.96. The van der Waals surface area contributed by atoms with E-state index >= 15 is 0 Å². The van der Waals surface area contributed by atoms with Crippen molar-refractivity contribution >= 4 is 16.5 Å². The average molecular weight is 336 g/mol. The van der Waals surface area contributed by atoms with Crippen molar-refractivity contribution in [2.75, 3.05) is 25.9 Å². The monoisotopic (exact) mass is 336 g/mol. The second kappa shape index (κ2) is 6.94. The van der Waals surface area contributed by atoms with Crippen molar-refractivity contribution in [1.29, 1.82) is 0 Å². The second-order valence-corrected chi connectivity index (χ2v) is 7.61. The van der Waals surface area contributed by atoms with Crippen molar-refractivity contribution in [3.63, 3.8) is 0 Å². The molecule has 8 heteroatoms. The van der Waals surface area contributed by atoms with Gasteiger partial charge in [0, 0.05) is 42.7 Å². The molecule has 0 spiro atoms. The molecule has 7 nitrogen and oxygen atoms in total. The first-order chi connectivity index (χ1) is 11.0. The highest BCUT2D eigenvalue weighted by Gasteiger charge is 2.27. The standard InChI is InChI=1S/C15H24N6OS/c1-10(2)14-18-13(19-22-14)9-20(3)11-4-5-21(7-11)8-12-6-17-15(16)23-12/h6,10-11H,4-5,7-9H2,1-3H3,(H2,16,17). The summed E-state index contributed by atoms with van der Waals surface area (Å²) < 4.78 is 5.28. The normalized spacial score (nSPS) is 19.3. The van der Waals surface area contributed by atoms with Crippen molar-refractivity contribution in [3.8, 4) is 0 Å². The van der Waals surface area contributed by atoms with Crippen LogP contribution < -0.4 is 5.73 Å². The van der Waals surface area contributed by atoms with Crippen LogP contribution in [0.15, 0.2) is 10.7 Å². The molecule has 23 heavy (non-hydrogen) atoms. The van der Waals surface area contributed by atoms with Crippen LogP contribution in [0.25, 0.3) is 0 Å². The number of anilines is 1. The molecule has 2 aromatic heterocycles. The minimum absolute atomic E-state index is 0.273. The van der Waals surface area contributed by atoms with E-state index in [9.17, 15) is 0 Å².